The molecular formula is C21H25ClN2O2S. The number of thiocarbonyl (C=S) groups is 1. The molecule has 0 spiro atoms. The van der Waals surface area contributed by atoms with Gasteiger partial charge >= 0.3 is 0 Å². The van der Waals surface area contributed by atoms with Crippen LogP contribution < -0.4 is 10.2 Å². The van der Waals surface area contributed by atoms with E-state index < -0.39 is 11.8 Å². The van der Waals surface area contributed by atoms with Crippen LogP contribution >= 0.6 is 23.8 Å². The van der Waals surface area contributed by atoms with E-state index >= 15 is 0 Å². The molecule has 6 heteroatoms. The quantitative estimate of drug-likeness (QED) is 0.199. The molecule has 1 aromatic carbocycles. The van der Waals surface area contributed by atoms with Crippen molar-refractivity contribution < 1.29 is 9.59 Å². The molecule has 0 bridgehead atoms. The van der Waals surface area contributed by atoms with Crippen LogP contribution in [0.4, 0.5) is 5.69 Å². The highest BCUT2D eigenvalue weighted by Crippen LogP contribution is 2.23. The molecule has 0 radical (unpaired) electrons. The maximum Gasteiger partial charge on any atom is 0.269 e. The van der Waals surface area contributed by atoms with Crippen molar-refractivity contribution in [2.24, 2.45) is 0 Å². The lowest BCUT2D eigenvalue weighted by Crippen LogP contribution is -2.54. The monoisotopic (exact) mass is 404 g/mol. The van der Waals surface area contributed by atoms with E-state index in [4.69, 9.17) is 23.8 Å². The second-order valence-corrected chi connectivity index (χ2v) is 7.19. The van der Waals surface area contributed by atoms with Gasteiger partial charge in [0.05, 0.1) is 5.69 Å². The van der Waals surface area contributed by atoms with Crippen molar-refractivity contribution in [2.75, 3.05) is 4.90 Å². The van der Waals surface area contributed by atoms with Crippen molar-refractivity contribution in [3.8, 4) is 0 Å². The summed E-state index contributed by atoms with van der Waals surface area (Å²) in [6.07, 6.45) is 13.4. The first kappa shape index (κ1) is 21.3. The van der Waals surface area contributed by atoms with Crippen LogP contribution in [0.2, 0.25) is 5.02 Å². The molecule has 27 heavy (non-hydrogen) atoms. The lowest BCUT2D eigenvalue weighted by atomic mass is 10.1. The summed E-state index contributed by atoms with van der Waals surface area (Å²) < 4.78 is 0. The standard InChI is InChI=1S/C21H25ClN2O2S/c1-2-3-4-5-6-7-8-9-10-11-18-19(25)23-21(27)24(20(18)26)17-14-12-16(22)13-15-17/h3-4,11-15H,2,5-10H2,1H3,(H,23,25,27)/b4-3+,18-11-. The Bertz CT molecular complexity index is 741. The average molecular weight is 405 g/mol. The number of rotatable bonds is 9. The molecule has 4 nitrogen and oxygen atoms in total. The molecule has 2 rings (SSSR count). The van der Waals surface area contributed by atoms with Crippen LogP contribution in [0.5, 0.6) is 0 Å². The molecule has 1 aliphatic heterocycles. The summed E-state index contributed by atoms with van der Waals surface area (Å²) in [5.41, 5.74) is 0.727. The summed E-state index contributed by atoms with van der Waals surface area (Å²) in [6.45, 7) is 2.13. The molecule has 0 aromatic heterocycles. The minimum Gasteiger partial charge on any atom is -0.298 e. The molecule has 0 unspecified atom stereocenters. The van der Waals surface area contributed by atoms with Crippen LogP contribution in [-0.4, -0.2) is 16.9 Å². The first-order chi connectivity index (χ1) is 13.0. The molecule has 1 fully saturated rings. The van der Waals surface area contributed by atoms with E-state index in [9.17, 15) is 9.59 Å². The number of nitrogens with one attached hydrogen (secondary N) is 1. The number of allylic oxidation sites excluding steroid dienone is 3. The highest BCUT2D eigenvalue weighted by molar-refractivity contribution is 7.80. The molecule has 144 valence electrons. The lowest BCUT2D eigenvalue weighted by molar-refractivity contribution is -0.122. The van der Waals surface area contributed by atoms with Crippen molar-refractivity contribution in [2.45, 2.75) is 51.9 Å². The molecule has 1 saturated heterocycles. The SMILES string of the molecule is CC/C=C/CCCCCC/C=C1/C(=O)NC(=S)N(c2ccc(Cl)cc2)C1=O. The summed E-state index contributed by atoms with van der Waals surface area (Å²) in [5, 5.41) is 3.25. The molecule has 0 atom stereocenters. The van der Waals surface area contributed by atoms with Gasteiger partial charge in [0.25, 0.3) is 11.8 Å². The third-order valence-corrected chi connectivity index (χ3v) is 4.80. The van der Waals surface area contributed by atoms with Crippen molar-refractivity contribution in [1.29, 1.82) is 0 Å². The number of unbranched alkanes of at least 4 members (excludes halogenated alkanes) is 5. The fraction of sp³-hybridized carbons (Fsp3) is 0.381. The second kappa shape index (κ2) is 11.0. The zero-order valence-electron chi connectivity index (χ0n) is 15.5. The first-order valence-electron chi connectivity index (χ1n) is 9.35. The van der Waals surface area contributed by atoms with Gasteiger partial charge in [0.15, 0.2) is 5.11 Å². The number of carbonyl (C=O) groups excluding carboxylic acids is 2. The van der Waals surface area contributed by atoms with E-state index in [0.29, 0.717) is 17.1 Å². The smallest absolute Gasteiger partial charge is 0.269 e. The number of nitrogens with zero attached hydrogens (tertiary/aromatic N) is 1. The largest absolute Gasteiger partial charge is 0.298 e. The van der Waals surface area contributed by atoms with Crippen molar-refractivity contribution in [3.05, 3.63) is 53.1 Å². The van der Waals surface area contributed by atoms with Gasteiger partial charge in [0, 0.05) is 5.02 Å². The zero-order valence-corrected chi connectivity index (χ0v) is 17.1. The summed E-state index contributed by atoms with van der Waals surface area (Å²) in [6, 6.07) is 6.77. The number of hydrogen-bond acceptors (Lipinski definition) is 3. The highest BCUT2D eigenvalue weighted by atomic mass is 35.5. The molecule has 1 aromatic rings. The molecule has 2 amide bonds. The van der Waals surface area contributed by atoms with E-state index in [1.54, 1.807) is 30.3 Å². The lowest BCUT2D eigenvalue weighted by Gasteiger charge is -2.29. The van der Waals surface area contributed by atoms with E-state index in [0.717, 1.165) is 32.1 Å². The fourth-order valence-corrected chi connectivity index (χ4v) is 3.23. The minimum atomic E-state index is -0.431. The normalized spacial score (nSPS) is 16.4. The second-order valence-electron chi connectivity index (χ2n) is 6.37. The number of carbonyl (C=O) groups is 2. The third kappa shape index (κ3) is 6.29. The van der Waals surface area contributed by atoms with Crippen LogP contribution in [0, 0.1) is 0 Å². The molecule has 0 saturated carbocycles. The van der Waals surface area contributed by atoms with Gasteiger partial charge in [-0.25, -0.2) is 0 Å². The Morgan fingerprint density at radius 3 is 2.37 bits per heavy atom. The van der Waals surface area contributed by atoms with Crippen LogP contribution in [0.3, 0.4) is 0 Å². The first-order valence-corrected chi connectivity index (χ1v) is 10.1. The van der Waals surface area contributed by atoms with Gasteiger partial charge in [-0.05, 0) is 68.6 Å². The summed E-state index contributed by atoms with van der Waals surface area (Å²) >= 11 is 11.1. The Morgan fingerprint density at radius 2 is 1.70 bits per heavy atom. The molecule has 1 aliphatic rings. The number of benzene rings is 1. The fourth-order valence-electron chi connectivity index (χ4n) is 2.83. The molecule has 1 N–H and O–H groups in total. The Labute approximate surface area is 171 Å². The van der Waals surface area contributed by atoms with Gasteiger partial charge in [-0.3, -0.25) is 19.8 Å². The topological polar surface area (TPSA) is 49.4 Å². The molecular weight excluding hydrogens is 380 g/mol. The third-order valence-electron chi connectivity index (χ3n) is 4.26. The average Bonchev–Trinajstić information content (AvgIpc) is 2.64. The van der Waals surface area contributed by atoms with Gasteiger partial charge in [-0.15, -0.1) is 0 Å². The van der Waals surface area contributed by atoms with Gasteiger partial charge in [-0.2, -0.15) is 0 Å². The zero-order chi connectivity index (χ0) is 19.6. The maximum atomic E-state index is 12.8. The van der Waals surface area contributed by atoms with Crippen LogP contribution in [0.15, 0.2) is 48.1 Å². The predicted molar refractivity (Wildman–Crippen MR) is 115 cm³/mol. The summed E-state index contributed by atoms with van der Waals surface area (Å²) in [5.74, 6) is -0.823. The van der Waals surface area contributed by atoms with Gasteiger partial charge in [-0.1, -0.05) is 49.6 Å². The van der Waals surface area contributed by atoms with Gasteiger partial charge in [0.1, 0.15) is 5.57 Å². The van der Waals surface area contributed by atoms with E-state index in [1.165, 1.54) is 11.3 Å². The Morgan fingerprint density at radius 1 is 1.04 bits per heavy atom. The molecule has 0 aliphatic carbocycles. The Hall–Kier alpha value is -1.98. The van der Waals surface area contributed by atoms with Gasteiger partial charge in [0.2, 0.25) is 0 Å². The van der Waals surface area contributed by atoms with E-state index in [1.807, 2.05) is 0 Å². The number of hydrogen-bond donors (Lipinski definition) is 1. The van der Waals surface area contributed by atoms with Crippen LogP contribution in [0.25, 0.3) is 0 Å². The van der Waals surface area contributed by atoms with E-state index in [-0.39, 0.29) is 10.7 Å². The van der Waals surface area contributed by atoms with Crippen molar-refractivity contribution in [1.82, 2.24) is 5.32 Å². The highest BCUT2D eigenvalue weighted by Gasteiger charge is 2.34. The Balaban J connectivity index is 1.91. The minimum absolute atomic E-state index is 0.0876. The number of halogens is 1. The number of anilines is 1. The maximum absolute atomic E-state index is 12.8. The van der Waals surface area contributed by atoms with Crippen LogP contribution in [0.1, 0.15) is 51.9 Å². The van der Waals surface area contributed by atoms with Gasteiger partial charge < -0.3 is 0 Å². The molecule has 1 heterocycles. The predicted octanol–water partition coefficient (Wildman–Crippen LogP) is 5.32. The number of amides is 2. The van der Waals surface area contributed by atoms with Crippen molar-refractivity contribution >= 4 is 46.4 Å². The van der Waals surface area contributed by atoms with Crippen LogP contribution in [-0.2, 0) is 9.59 Å². The summed E-state index contributed by atoms with van der Waals surface area (Å²) in [4.78, 5) is 26.3. The van der Waals surface area contributed by atoms with Crippen molar-refractivity contribution in [3.63, 3.8) is 0 Å². The summed E-state index contributed by atoms with van der Waals surface area (Å²) in [7, 11) is 0. The Kier molecular flexibility index (Phi) is 8.69. The van der Waals surface area contributed by atoms with E-state index in [2.05, 4.69) is 24.4 Å².